The lowest BCUT2D eigenvalue weighted by atomic mass is 10.2. The summed E-state index contributed by atoms with van der Waals surface area (Å²) < 4.78 is 10.1. The van der Waals surface area contributed by atoms with Crippen molar-refractivity contribution in [2.24, 2.45) is 0 Å². The molecule has 1 N–H and O–H groups in total. The molecule has 0 saturated heterocycles. The molecule has 2 rings (SSSR count). The molecule has 5 nitrogen and oxygen atoms in total. The van der Waals surface area contributed by atoms with Crippen LogP contribution in [0.2, 0.25) is 0 Å². The fourth-order valence-electron chi connectivity index (χ4n) is 1.78. The maximum atomic E-state index is 11.8. The van der Waals surface area contributed by atoms with Crippen molar-refractivity contribution in [2.75, 3.05) is 12.4 Å². The summed E-state index contributed by atoms with van der Waals surface area (Å²) in [4.78, 5) is 23.4. The summed E-state index contributed by atoms with van der Waals surface area (Å²) in [5.74, 6) is 0.513. The van der Waals surface area contributed by atoms with Gasteiger partial charge in [0.25, 0.3) is 0 Å². The Bertz CT molecular complexity index is 623. The Morgan fingerprint density at radius 2 is 1.59 bits per heavy atom. The van der Waals surface area contributed by atoms with Crippen LogP contribution < -0.4 is 14.8 Å². The molecule has 0 fully saturated rings. The number of carbonyl (C=O) groups is 2. The average Bonchev–Trinajstić information content (AvgIpc) is 2.55. The monoisotopic (exact) mass is 299 g/mol. The second-order valence-corrected chi connectivity index (χ2v) is 4.56. The number of hydrogen-bond acceptors (Lipinski definition) is 4. The Kier molecular flexibility index (Phi) is 5.54. The van der Waals surface area contributed by atoms with Crippen LogP contribution in [0.4, 0.5) is 5.69 Å². The van der Waals surface area contributed by atoms with Gasteiger partial charge in [0.1, 0.15) is 11.5 Å². The Morgan fingerprint density at radius 1 is 0.909 bits per heavy atom. The van der Waals surface area contributed by atoms with Crippen molar-refractivity contribution in [3.8, 4) is 11.5 Å². The number of rotatable bonds is 6. The summed E-state index contributed by atoms with van der Waals surface area (Å²) in [5.41, 5.74) is 0.655. The maximum absolute atomic E-state index is 11.8. The Balaban J connectivity index is 1.76. The summed E-state index contributed by atoms with van der Waals surface area (Å²) in [7, 11) is 1.58. The van der Waals surface area contributed by atoms with E-state index < -0.39 is 5.97 Å². The first-order chi connectivity index (χ1) is 10.7. The second-order valence-electron chi connectivity index (χ2n) is 4.56. The molecular weight excluding hydrogens is 282 g/mol. The third kappa shape index (κ3) is 4.94. The zero-order chi connectivity index (χ0) is 15.8. The van der Waals surface area contributed by atoms with Crippen molar-refractivity contribution >= 4 is 17.6 Å². The lowest BCUT2D eigenvalue weighted by molar-refractivity contribution is -0.135. The number of methoxy groups -OCH3 is 1. The zero-order valence-corrected chi connectivity index (χ0v) is 12.2. The largest absolute Gasteiger partial charge is 0.497 e. The zero-order valence-electron chi connectivity index (χ0n) is 12.2. The van der Waals surface area contributed by atoms with Crippen LogP contribution in [0.5, 0.6) is 11.5 Å². The van der Waals surface area contributed by atoms with E-state index in [1.807, 2.05) is 6.07 Å². The number of anilines is 1. The number of hydrogen-bond donors (Lipinski definition) is 1. The first kappa shape index (κ1) is 15.6. The summed E-state index contributed by atoms with van der Waals surface area (Å²) in [5, 5.41) is 2.71. The third-order valence-electron chi connectivity index (χ3n) is 2.90. The van der Waals surface area contributed by atoms with Gasteiger partial charge in [-0.2, -0.15) is 0 Å². The highest BCUT2D eigenvalue weighted by atomic mass is 16.5. The molecule has 0 aliphatic carbocycles. The molecule has 0 heterocycles. The van der Waals surface area contributed by atoms with Crippen molar-refractivity contribution in [1.82, 2.24) is 0 Å². The van der Waals surface area contributed by atoms with E-state index in [4.69, 9.17) is 9.47 Å². The summed E-state index contributed by atoms with van der Waals surface area (Å²) in [6, 6.07) is 15.7. The van der Waals surface area contributed by atoms with Gasteiger partial charge in [0.05, 0.1) is 13.5 Å². The van der Waals surface area contributed by atoms with E-state index in [9.17, 15) is 9.59 Å². The number of benzene rings is 2. The average molecular weight is 299 g/mol. The fourth-order valence-corrected chi connectivity index (χ4v) is 1.78. The van der Waals surface area contributed by atoms with E-state index in [1.165, 1.54) is 0 Å². The quantitative estimate of drug-likeness (QED) is 0.658. The first-order valence-electron chi connectivity index (χ1n) is 6.87. The molecule has 2 aromatic carbocycles. The molecule has 22 heavy (non-hydrogen) atoms. The van der Waals surface area contributed by atoms with Gasteiger partial charge < -0.3 is 14.8 Å². The Labute approximate surface area is 128 Å². The van der Waals surface area contributed by atoms with Crippen LogP contribution in [0.1, 0.15) is 12.8 Å². The SMILES string of the molecule is COc1ccc(NC(=O)CCC(=O)Oc2ccccc2)cc1. The molecule has 114 valence electrons. The van der Waals surface area contributed by atoms with Crippen LogP contribution in [0.25, 0.3) is 0 Å². The molecule has 0 radical (unpaired) electrons. The molecule has 0 aromatic heterocycles. The maximum Gasteiger partial charge on any atom is 0.311 e. The van der Waals surface area contributed by atoms with Crippen molar-refractivity contribution in [3.05, 3.63) is 54.6 Å². The number of esters is 1. The summed E-state index contributed by atoms with van der Waals surface area (Å²) >= 11 is 0. The Morgan fingerprint density at radius 3 is 2.23 bits per heavy atom. The lowest BCUT2D eigenvalue weighted by Gasteiger charge is -2.06. The predicted molar refractivity (Wildman–Crippen MR) is 82.9 cm³/mol. The smallest absolute Gasteiger partial charge is 0.311 e. The van der Waals surface area contributed by atoms with Crippen molar-refractivity contribution in [1.29, 1.82) is 0 Å². The third-order valence-corrected chi connectivity index (χ3v) is 2.90. The topological polar surface area (TPSA) is 64.6 Å². The second kappa shape index (κ2) is 7.83. The molecule has 0 aliphatic rings. The van der Waals surface area contributed by atoms with Gasteiger partial charge >= 0.3 is 5.97 Å². The van der Waals surface area contributed by atoms with Gasteiger partial charge in [-0.05, 0) is 36.4 Å². The van der Waals surface area contributed by atoms with Crippen LogP contribution in [0.15, 0.2) is 54.6 Å². The first-order valence-corrected chi connectivity index (χ1v) is 6.87. The van der Waals surface area contributed by atoms with Crippen molar-refractivity contribution < 1.29 is 19.1 Å². The number of amides is 1. The van der Waals surface area contributed by atoms with Gasteiger partial charge in [-0.3, -0.25) is 9.59 Å². The molecule has 0 unspecified atom stereocenters. The van der Waals surface area contributed by atoms with Crippen LogP contribution in [-0.4, -0.2) is 19.0 Å². The predicted octanol–water partition coefficient (Wildman–Crippen LogP) is 3.02. The van der Waals surface area contributed by atoms with Crippen LogP contribution in [0.3, 0.4) is 0 Å². The summed E-state index contributed by atoms with van der Waals surface area (Å²) in [6.07, 6.45) is 0.0918. The van der Waals surface area contributed by atoms with Crippen LogP contribution in [-0.2, 0) is 9.59 Å². The van der Waals surface area contributed by atoms with Gasteiger partial charge in [0.2, 0.25) is 5.91 Å². The molecular formula is C17H17NO4. The molecule has 2 aromatic rings. The highest BCUT2D eigenvalue weighted by Crippen LogP contribution is 2.15. The molecule has 0 saturated carbocycles. The number of carbonyl (C=O) groups excluding carboxylic acids is 2. The normalized spacial score (nSPS) is 9.86. The minimum atomic E-state index is -0.434. The van der Waals surface area contributed by atoms with E-state index in [2.05, 4.69) is 5.32 Å². The molecule has 0 aliphatic heterocycles. The van der Waals surface area contributed by atoms with E-state index in [1.54, 1.807) is 55.6 Å². The molecule has 0 spiro atoms. The van der Waals surface area contributed by atoms with Gasteiger partial charge in [0.15, 0.2) is 0 Å². The van der Waals surface area contributed by atoms with Gasteiger partial charge in [-0.25, -0.2) is 0 Å². The molecule has 0 bridgehead atoms. The summed E-state index contributed by atoms with van der Waals surface area (Å²) in [6.45, 7) is 0. The van der Waals surface area contributed by atoms with Crippen molar-refractivity contribution in [3.63, 3.8) is 0 Å². The number of nitrogens with one attached hydrogen (secondary N) is 1. The standard InChI is InChI=1S/C17H17NO4/c1-21-14-9-7-13(8-10-14)18-16(19)11-12-17(20)22-15-5-3-2-4-6-15/h2-10H,11-12H2,1H3,(H,18,19). The van der Waals surface area contributed by atoms with E-state index in [0.717, 1.165) is 0 Å². The molecule has 0 atom stereocenters. The Hall–Kier alpha value is -2.82. The number of para-hydroxylation sites is 1. The minimum Gasteiger partial charge on any atom is -0.497 e. The van der Waals surface area contributed by atoms with Crippen LogP contribution in [0, 0.1) is 0 Å². The van der Waals surface area contributed by atoms with Gasteiger partial charge in [-0.1, -0.05) is 18.2 Å². The van der Waals surface area contributed by atoms with E-state index in [-0.39, 0.29) is 18.7 Å². The van der Waals surface area contributed by atoms with Crippen molar-refractivity contribution in [2.45, 2.75) is 12.8 Å². The van der Waals surface area contributed by atoms with Gasteiger partial charge in [0, 0.05) is 12.1 Å². The highest BCUT2D eigenvalue weighted by molar-refractivity contribution is 5.92. The van der Waals surface area contributed by atoms with Crippen LogP contribution >= 0.6 is 0 Å². The van der Waals surface area contributed by atoms with Gasteiger partial charge in [-0.15, -0.1) is 0 Å². The molecule has 1 amide bonds. The molecule has 5 heteroatoms. The highest BCUT2D eigenvalue weighted by Gasteiger charge is 2.09. The van der Waals surface area contributed by atoms with E-state index >= 15 is 0 Å². The number of ether oxygens (including phenoxy) is 2. The van der Waals surface area contributed by atoms with E-state index in [0.29, 0.717) is 17.2 Å². The fraction of sp³-hybridized carbons (Fsp3) is 0.176. The minimum absolute atomic E-state index is 0.0247. The lowest BCUT2D eigenvalue weighted by Crippen LogP contribution is -2.15.